The second-order valence-electron chi connectivity index (χ2n) is 4.70. The van der Waals surface area contributed by atoms with E-state index in [0.717, 1.165) is 18.9 Å². The molecule has 0 aliphatic heterocycles. The highest BCUT2D eigenvalue weighted by molar-refractivity contribution is 7.89. The van der Waals surface area contributed by atoms with Crippen molar-refractivity contribution in [1.29, 1.82) is 0 Å². The first-order chi connectivity index (χ1) is 11.9. The number of sulfonamides is 1. The maximum Gasteiger partial charge on any atom is 0.361 e. The summed E-state index contributed by atoms with van der Waals surface area (Å²) in [5, 5.41) is 7.27. The fourth-order valence-corrected chi connectivity index (χ4v) is 3.01. The molecule has 10 nitrogen and oxygen atoms in total. The number of nitrogens with one attached hydrogen (secondary N) is 1. The van der Waals surface area contributed by atoms with Gasteiger partial charge in [-0.2, -0.15) is 0 Å². The summed E-state index contributed by atoms with van der Waals surface area (Å²) >= 11 is 0. The van der Waals surface area contributed by atoms with Gasteiger partial charge in [-0.25, -0.2) is 27.4 Å². The van der Waals surface area contributed by atoms with Crippen LogP contribution in [0.4, 0.5) is 0 Å². The summed E-state index contributed by atoms with van der Waals surface area (Å²) < 4.78 is 36.8. The first-order valence-electron chi connectivity index (χ1n) is 7.05. The molecule has 0 fully saturated rings. The lowest BCUT2D eigenvalue weighted by atomic mass is 10.3. The van der Waals surface area contributed by atoms with E-state index in [0.29, 0.717) is 0 Å². The summed E-state index contributed by atoms with van der Waals surface area (Å²) in [5.74, 6) is -1.69. The summed E-state index contributed by atoms with van der Waals surface area (Å²) in [4.78, 5) is 23.6. The summed E-state index contributed by atoms with van der Waals surface area (Å²) in [5.41, 5.74) is -0.520. The molecule has 11 heteroatoms. The number of carbonyl (C=O) groups excluding carboxylic acids is 2. The quantitative estimate of drug-likeness (QED) is 0.667. The van der Waals surface area contributed by atoms with Gasteiger partial charge >= 0.3 is 11.9 Å². The number of esters is 2. The molecule has 0 unspecified atom stereocenters. The normalized spacial score (nSPS) is 11.1. The molecule has 0 atom stereocenters. The minimum absolute atomic E-state index is 0.0412. The van der Waals surface area contributed by atoms with Crippen LogP contribution in [0.5, 0.6) is 0 Å². The molecule has 2 aromatic rings. The molecule has 1 heterocycles. The van der Waals surface area contributed by atoms with Crippen LogP contribution < -0.4 is 4.72 Å². The Bertz CT molecular complexity index is 863. The molecule has 0 aliphatic rings. The predicted molar refractivity (Wildman–Crippen MR) is 84.3 cm³/mol. The Balaban J connectivity index is 2.15. The third-order valence-corrected chi connectivity index (χ3v) is 4.64. The van der Waals surface area contributed by atoms with Gasteiger partial charge in [0, 0.05) is 6.54 Å². The summed E-state index contributed by atoms with van der Waals surface area (Å²) in [7, 11) is -1.43. The topological polar surface area (TPSA) is 129 Å². The van der Waals surface area contributed by atoms with Crippen molar-refractivity contribution in [3.05, 3.63) is 41.7 Å². The zero-order valence-corrected chi connectivity index (χ0v) is 14.3. The van der Waals surface area contributed by atoms with Crippen LogP contribution >= 0.6 is 0 Å². The second kappa shape index (κ2) is 7.85. The highest BCUT2D eigenvalue weighted by Crippen LogP contribution is 2.10. The maximum atomic E-state index is 12.1. The van der Waals surface area contributed by atoms with Crippen LogP contribution in [0, 0.1) is 0 Å². The van der Waals surface area contributed by atoms with E-state index < -0.39 is 22.0 Å². The van der Waals surface area contributed by atoms with Gasteiger partial charge in [0.25, 0.3) is 0 Å². The lowest BCUT2D eigenvalue weighted by Gasteiger charge is -2.08. The Labute approximate surface area is 143 Å². The van der Waals surface area contributed by atoms with Crippen molar-refractivity contribution >= 4 is 22.0 Å². The van der Waals surface area contributed by atoms with Gasteiger partial charge in [-0.1, -0.05) is 23.4 Å². The summed E-state index contributed by atoms with van der Waals surface area (Å²) in [6.07, 6.45) is 0. The van der Waals surface area contributed by atoms with Gasteiger partial charge in [0.05, 0.1) is 25.7 Å². The zero-order valence-electron chi connectivity index (χ0n) is 13.5. The molecule has 0 spiro atoms. The molecule has 0 saturated carbocycles. The SMILES string of the molecule is COC(=O)c1nnn(CCNS(=O)(=O)c2ccccc2)c1C(=O)OC. The van der Waals surface area contributed by atoms with Crippen LogP contribution in [-0.2, 0) is 26.0 Å². The standard InChI is InChI=1S/C14H16N4O6S/c1-23-13(19)11-12(14(20)24-2)18(17-16-11)9-8-15-25(21,22)10-6-4-3-5-7-10/h3-7,15H,8-9H2,1-2H3. The Hall–Kier alpha value is -2.79. The average molecular weight is 368 g/mol. The lowest BCUT2D eigenvalue weighted by Crippen LogP contribution is -2.29. The van der Waals surface area contributed by atoms with Gasteiger partial charge in [-0.05, 0) is 12.1 Å². The van der Waals surface area contributed by atoms with Crippen molar-refractivity contribution in [3.8, 4) is 0 Å². The first-order valence-corrected chi connectivity index (χ1v) is 8.54. The predicted octanol–water partition coefficient (Wildman–Crippen LogP) is -0.170. The summed E-state index contributed by atoms with van der Waals surface area (Å²) in [6, 6.07) is 7.81. The molecule has 0 radical (unpaired) electrons. The Morgan fingerprint density at radius 2 is 1.76 bits per heavy atom. The monoisotopic (exact) mass is 368 g/mol. The molecule has 1 N–H and O–H groups in total. The number of benzene rings is 1. The number of hydrogen-bond donors (Lipinski definition) is 1. The number of carbonyl (C=O) groups is 2. The van der Waals surface area contributed by atoms with Crippen molar-refractivity contribution in [2.24, 2.45) is 0 Å². The van der Waals surface area contributed by atoms with Gasteiger partial charge in [-0.15, -0.1) is 5.10 Å². The van der Waals surface area contributed by atoms with E-state index in [9.17, 15) is 18.0 Å². The van der Waals surface area contributed by atoms with E-state index in [-0.39, 0.29) is 29.4 Å². The molecular weight excluding hydrogens is 352 g/mol. The molecule has 25 heavy (non-hydrogen) atoms. The van der Waals surface area contributed by atoms with E-state index in [1.807, 2.05) is 0 Å². The van der Waals surface area contributed by atoms with Crippen molar-refractivity contribution in [2.75, 3.05) is 20.8 Å². The number of rotatable bonds is 7. The minimum atomic E-state index is -3.70. The molecule has 0 aliphatic carbocycles. The fraction of sp³-hybridized carbons (Fsp3) is 0.286. The van der Waals surface area contributed by atoms with Crippen LogP contribution in [-0.4, -0.2) is 56.1 Å². The molecule has 134 valence electrons. The Morgan fingerprint density at radius 3 is 2.36 bits per heavy atom. The number of methoxy groups -OCH3 is 2. The smallest absolute Gasteiger partial charge is 0.361 e. The largest absolute Gasteiger partial charge is 0.464 e. The van der Waals surface area contributed by atoms with E-state index in [1.54, 1.807) is 18.2 Å². The van der Waals surface area contributed by atoms with Crippen molar-refractivity contribution in [1.82, 2.24) is 19.7 Å². The van der Waals surface area contributed by atoms with Gasteiger partial charge in [0.2, 0.25) is 15.7 Å². The number of ether oxygens (including phenoxy) is 2. The Kier molecular flexibility index (Phi) is 5.83. The van der Waals surface area contributed by atoms with E-state index in [1.165, 1.54) is 12.1 Å². The lowest BCUT2D eigenvalue weighted by molar-refractivity contribution is 0.0543. The number of hydrogen-bond acceptors (Lipinski definition) is 8. The first kappa shape index (κ1) is 18.5. The third kappa shape index (κ3) is 4.19. The summed E-state index contributed by atoms with van der Waals surface area (Å²) in [6.45, 7) is -0.119. The van der Waals surface area contributed by atoms with Crippen LogP contribution in [0.3, 0.4) is 0 Å². The van der Waals surface area contributed by atoms with Gasteiger partial charge < -0.3 is 9.47 Å². The van der Waals surface area contributed by atoms with Gasteiger partial charge in [0.15, 0.2) is 5.69 Å². The van der Waals surface area contributed by atoms with E-state index in [4.69, 9.17) is 0 Å². The van der Waals surface area contributed by atoms with E-state index >= 15 is 0 Å². The molecule has 1 aromatic heterocycles. The van der Waals surface area contributed by atoms with E-state index in [2.05, 4.69) is 24.5 Å². The number of aromatic nitrogens is 3. The molecule has 0 saturated heterocycles. The maximum absolute atomic E-state index is 12.1. The zero-order chi connectivity index (χ0) is 18.4. The highest BCUT2D eigenvalue weighted by atomic mass is 32.2. The molecule has 1 aromatic carbocycles. The van der Waals surface area contributed by atoms with Crippen molar-refractivity contribution in [3.63, 3.8) is 0 Å². The third-order valence-electron chi connectivity index (χ3n) is 3.16. The average Bonchev–Trinajstić information content (AvgIpc) is 3.05. The molecule has 0 amide bonds. The second-order valence-corrected chi connectivity index (χ2v) is 6.47. The van der Waals surface area contributed by atoms with Crippen molar-refractivity contribution < 1.29 is 27.5 Å². The van der Waals surface area contributed by atoms with Crippen LogP contribution in [0.1, 0.15) is 21.0 Å². The van der Waals surface area contributed by atoms with Gasteiger partial charge in [0.1, 0.15) is 0 Å². The van der Waals surface area contributed by atoms with Crippen molar-refractivity contribution in [2.45, 2.75) is 11.4 Å². The molecule has 2 rings (SSSR count). The highest BCUT2D eigenvalue weighted by Gasteiger charge is 2.27. The number of nitrogens with zero attached hydrogens (tertiary/aromatic N) is 3. The molecule has 0 bridgehead atoms. The van der Waals surface area contributed by atoms with Crippen LogP contribution in [0.15, 0.2) is 35.2 Å². The molecular formula is C14H16N4O6S. The van der Waals surface area contributed by atoms with Crippen LogP contribution in [0.25, 0.3) is 0 Å². The Morgan fingerprint density at radius 1 is 1.12 bits per heavy atom. The minimum Gasteiger partial charge on any atom is -0.464 e. The van der Waals surface area contributed by atoms with Crippen LogP contribution in [0.2, 0.25) is 0 Å². The van der Waals surface area contributed by atoms with Gasteiger partial charge in [-0.3, -0.25) is 0 Å². The fourth-order valence-electron chi connectivity index (χ4n) is 1.97.